The molecule has 0 aromatic carbocycles. The fourth-order valence-corrected chi connectivity index (χ4v) is 0.513. The van der Waals surface area contributed by atoms with Crippen molar-refractivity contribution in [1.29, 1.82) is 0 Å². The Hall–Kier alpha value is -0.920. The minimum Gasteiger partial charge on any atom is -0.241 e. The molecule has 0 saturated heterocycles. The van der Waals surface area contributed by atoms with E-state index in [2.05, 4.69) is 9.97 Å². The zero-order valence-corrected chi connectivity index (χ0v) is 8.83. The van der Waals surface area contributed by atoms with Crippen LogP contribution in [0.2, 0.25) is 0 Å². The summed E-state index contributed by atoms with van der Waals surface area (Å²) < 4.78 is 0. The van der Waals surface area contributed by atoms with Crippen LogP contribution in [0.25, 0.3) is 0 Å². The first kappa shape index (κ1) is 13.7. The molecule has 1 heterocycles. The molecule has 0 spiro atoms. The predicted octanol–water partition coefficient (Wildman–Crippen LogP) is 3.09. The summed E-state index contributed by atoms with van der Waals surface area (Å²) >= 11 is 0. The van der Waals surface area contributed by atoms with Gasteiger partial charge in [-0.3, -0.25) is 0 Å². The van der Waals surface area contributed by atoms with E-state index in [-0.39, 0.29) is 0 Å². The van der Waals surface area contributed by atoms with Gasteiger partial charge in [0.25, 0.3) is 0 Å². The van der Waals surface area contributed by atoms with Crippen LogP contribution >= 0.6 is 0 Å². The topological polar surface area (TPSA) is 25.8 Å². The first-order valence-corrected chi connectivity index (χ1v) is 4.69. The molecule has 0 aliphatic carbocycles. The van der Waals surface area contributed by atoms with Gasteiger partial charge in [-0.15, -0.1) is 0 Å². The van der Waals surface area contributed by atoms with Crippen molar-refractivity contribution in [2.24, 2.45) is 0 Å². The van der Waals surface area contributed by atoms with Crippen LogP contribution in [-0.4, -0.2) is 9.97 Å². The van der Waals surface area contributed by atoms with Crippen molar-refractivity contribution in [3.8, 4) is 0 Å². The molecule has 0 aliphatic heterocycles. The van der Waals surface area contributed by atoms with Gasteiger partial charge in [0, 0.05) is 18.8 Å². The van der Waals surface area contributed by atoms with Crippen molar-refractivity contribution < 1.29 is 0 Å². The second-order valence-corrected chi connectivity index (χ2v) is 1.52. The molecule has 1 aromatic heterocycles. The molecule has 0 fully saturated rings. The first-order chi connectivity index (χ1) is 5.93. The summed E-state index contributed by atoms with van der Waals surface area (Å²) in [5.41, 5.74) is 0. The lowest BCUT2D eigenvalue weighted by Gasteiger charge is -1.87. The average molecular weight is 168 g/mol. The Kier molecular flexibility index (Phi) is 14.5. The normalized spacial score (nSPS) is 7.08. The van der Waals surface area contributed by atoms with Crippen molar-refractivity contribution >= 4 is 0 Å². The Morgan fingerprint density at radius 2 is 1.42 bits per heavy atom. The summed E-state index contributed by atoms with van der Waals surface area (Å²) in [6.45, 7) is 10.0. The maximum absolute atomic E-state index is 3.99. The van der Waals surface area contributed by atoms with Crippen LogP contribution in [-0.2, 0) is 6.42 Å². The molecule has 0 aliphatic rings. The number of hydrogen-bond acceptors (Lipinski definition) is 2. The fourth-order valence-electron chi connectivity index (χ4n) is 0.513. The van der Waals surface area contributed by atoms with Gasteiger partial charge in [0.15, 0.2) is 0 Å². The SMILES string of the molecule is CC.CC.CCc1ncccn1. The Morgan fingerprint density at radius 1 is 1.00 bits per heavy atom. The minimum atomic E-state index is 0.910. The van der Waals surface area contributed by atoms with E-state index in [1.54, 1.807) is 12.4 Å². The lowest BCUT2D eigenvalue weighted by atomic mass is 10.4. The van der Waals surface area contributed by atoms with Crippen LogP contribution in [0.15, 0.2) is 18.5 Å². The molecular formula is C10H20N2. The number of nitrogens with zero attached hydrogens (tertiary/aromatic N) is 2. The lowest BCUT2D eigenvalue weighted by Crippen LogP contribution is -1.87. The Labute approximate surface area is 76.1 Å². The predicted molar refractivity (Wildman–Crippen MR) is 54.1 cm³/mol. The molecule has 0 bridgehead atoms. The molecule has 2 nitrogen and oxygen atoms in total. The fraction of sp³-hybridized carbons (Fsp3) is 0.600. The number of aromatic nitrogens is 2. The van der Waals surface area contributed by atoms with Crippen molar-refractivity contribution in [2.45, 2.75) is 41.0 Å². The van der Waals surface area contributed by atoms with E-state index in [0.717, 1.165) is 12.2 Å². The van der Waals surface area contributed by atoms with E-state index >= 15 is 0 Å². The van der Waals surface area contributed by atoms with Crippen LogP contribution in [0.1, 0.15) is 40.4 Å². The summed E-state index contributed by atoms with van der Waals surface area (Å²) in [6, 6.07) is 1.82. The summed E-state index contributed by atoms with van der Waals surface area (Å²) in [6.07, 6.45) is 4.43. The third kappa shape index (κ3) is 7.19. The first-order valence-electron chi connectivity index (χ1n) is 4.69. The standard InChI is InChI=1S/C6H8N2.2C2H6/c1-2-6-7-4-3-5-8-6;2*1-2/h3-5H,2H2,1H3;2*1-2H3. The van der Waals surface area contributed by atoms with E-state index in [9.17, 15) is 0 Å². The van der Waals surface area contributed by atoms with Crippen LogP contribution < -0.4 is 0 Å². The monoisotopic (exact) mass is 168 g/mol. The Morgan fingerprint density at radius 3 is 1.67 bits per heavy atom. The molecule has 1 rings (SSSR count). The van der Waals surface area contributed by atoms with E-state index in [4.69, 9.17) is 0 Å². The lowest BCUT2D eigenvalue weighted by molar-refractivity contribution is 0.939. The van der Waals surface area contributed by atoms with Gasteiger partial charge in [-0.1, -0.05) is 34.6 Å². The molecule has 0 unspecified atom stereocenters. The molecule has 0 N–H and O–H groups in total. The van der Waals surface area contributed by atoms with Gasteiger partial charge in [-0.2, -0.15) is 0 Å². The highest BCUT2D eigenvalue weighted by atomic mass is 14.8. The number of rotatable bonds is 1. The zero-order chi connectivity index (χ0) is 9.82. The molecule has 70 valence electrons. The molecule has 12 heavy (non-hydrogen) atoms. The van der Waals surface area contributed by atoms with Crippen molar-refractivity contribution in [3.63, 3.8) is 0 Å². The van der Waals surface area contributed by atoms with Crippen LogP contribution in [0.4, 0.5) is 0 Å². The average Bonchev–Trinajstić information content (AvgIpc) is 2.25. The van der Waals surface area contributed by atoms with Gasteiger partial charge in [-0.05, 0) is 6.07 Å². The molecule has 1 aromatic rings. The van der Waals surface area contributed by atoms with Crippen LogP contribution in [0.3, 0.4) is 0 Å². The van der Waals surface area contributed by atoms with E-state index in [1.807, 2.05) is 40.7 Å². The van der Waals surface area contributed by atoms with Crippen molar-refractivity contribution in [3.05, 3.63) is 24.3 Å². The van der Waals surface area contributed by atoms with Gasteiger partial charge in [0.2, 0.25) is 0 Å². The maximum Gasteiger partial charge on any atom is 0.127 e. The van der Waals surface area contributed by atoms with Crippen LogP contribution in [0.5, 0.6) is 0 Å². The Bertz CT molecular complexity index is 149. The molecule has 2 heteroatoms. The third-order valence-electron chi connectivity index (χ3n) is 0.935. The molecular weight excluding hydrogens is 148 g/mol. The minimum absolute atomic E-state index is 0.910. The van der Waals surface area contributed by atoms with Gasteiger partial charge in [0.1, 0.15) is 5.82 Å². The quantitative estimate of drug-likeness (QED) is 0.644. The zero-order valence-electron chi connectivity index (χ0n) is 8.83. The number of aryl methyl sites for hydroxylation is 1. The smallest absolute Gasteiger partial charge is 0.127 e. The summed E-state index contributed by atoms with van der Waals surface area (Å²) in [7, 11) is 0. The highest BCUT2D eigenvalue weighted by molar-refractivity contribution is 4.86. The molecule has 0 radical (unpaired) electrons. The third-order valence-corrected chi connectivity index (χ3v) is 0.935. The summed E-state index contributed by atoms with van der Waals surface area (Å²) in [5.74, 6) is 0.910. The van der Waals surface area contributed by atoms with Crippen molar-refractivity contribution in [2.75, 3.05) is 0 Å². The highest BCUT2D eigenvalue weighted by Crippen LogP contribution is 1.85. The summed E-state index contributed by atoms with van der Waals surface area (Å²) in [5, 5.41) is 0. The highest BCUT2D eigenvalue weighted by Gasteiger charge is 1.83. The second kappa shape index (κ2) is 12.7. The molecule has 0 amide bonds. The van der Waals surface area contributed by atoms with Crippen molar-refractivity contribution in [1.82, 2.24) is 9.97 Å². The van der Waals surface area contributed by atoms with E-state index in [0.29, 0.717) is 0 Å². The van der Waals surface area contributed by atoms with Gasteiger partial charge in [-0.25, -0.2) is 9.97 Å². The second-order valence-electron chi connectivity index (χ2n) is 1.52. The van der Waals surface area contributed by atoms with Gasteiger partial charge >= 0.3 is 0 Å². The van der Waals surface area contributed by atoms with E-state index in [1.165, 1.54) is 0 Å². The maximum atomic E-state index is 3.99. The van der Waals surface area contributed by atoms with E-state index < -0.39 is 0 Å². The Balaban J connectivity index is 0. The molecule has 0 atom stereocenters. The van der Waals surface area contributed by atoms with Gasteiger partial charge < -0.3 is 0 Å². The number of hydrogen-bond donors (Lipinski definition) is 0. The van der Waals surface area contributed by atoms with Crippen LogP contribution in [0, 0.1) is 0 Å². The molecule has 0 saturated carbocycles. The van der Waals surface area contributed by atoms with Gasteiger partial charge in [0.05, 0.1) is 0 Å². The summed E-state index contributed by atoms with van der Waals surface area (Å²) in [4.78, 5) is 7.97. The largest absolute Gasteiger partial charge is 0.241 e.